The Balaban J connectivity index is 3.74. The Hall–Kier alpha value is -0.450. The van der Waals surface area contributed by atoms with Gasteiger partial charge >= 0.3 is 7.60 Å². The van der Waals surface area contributed by atoms with Crippen molar-refractivity contribution < 1.29 is 23.9 Å². The number of nitrogens with zero attached hydrogens (tertiary/aromatic N) is 1. The number of quaternary nitrogens is 1. The van der Waals surface area contributed by atoms with E-state index in [1.807, 2.05) is 21.1 Å². The van der Waals surface area contributed by atoms with Crippen molar-refractivity contribution in [2.24, 2.45) is 0 Å². The molecule has 0 amide bonds. The van der Waals surface area contributed by atoms with Gasteiger partial charge in [0.1, 0.15) is 6.54 Å². The van der Waals surface area contributed by atoms with Crippen LogP contribution in [-0.4, -0.2) is 52.4 Å². The van der Waals surface area contributed by atoms with Crippen molar-refractivity contribution in [2.45, 2.75) is 109 Å². The molecule has 0 radical (unpaired) electrons. The number of allylic oxidation sites excluding steroid dienone is 4. The van der Waals surface area contributed by atoms with E-state index in [4.69, 9.17) is 0 Å². The van der Waals surface area contributed by atoms with Gasteiger partial charge in [0.2, 0.25) is 5.34 Å². The minimum atomic E-state index is -4.55. The molecule has 0 heterocycles. The quantitative estimate of drug-likeness (QED) is 0.0834. The highest BCUT2D eigenvalue weighted by molar-refractivity contribution is 7.53. The molecule has 0 rings (SSSR count). The van der Waals surface area contributed by atoms with Crippen molar-refractivity contribution >= 4 is 7.60 Å². The van der Waals surface area contributed by atoms with E-state index in [1.54, 1.807) is 0 Å². The summed E-state index contributed by atoms with van der Waals surface area (Å²) in [7, 11) is 0.942. The van der Waals surface area contributed by atoms with Crippen molar-refractivity contribution in [2.75, 3.05) is 27.7 Å². The Labute approximate surface area is 192 Å². The zero-order chi connectivity index (χ0) is 23.6. The van der Waals surface area contributed by atoms with E-state index >= 15 is 0 Å². The minimum absolute atomic E-state index is 0.0490. The maximum Gasteiger partial charge on any atom is 0.362 e. The van der Waals surface area contributed by atoms with E-state index in [0.717, 1.165) is 38.5 Å². The molecule has 0 saturated heterocycles. The van der Waals surface area contributed by atoms with Crippen molar-refractivity contribution in [1.29, 1.82) is 0 Å². The van der Waals surface area contributed by atoms with Crippen molar-refractivity contribution in [3.8, 4) is 0 Å². The van der Waals surface area contributed by atoms with Gasteiger partial charge in [-0.15, -0.1) is 0 Å². The Bertz CT molecular complexity index is 536. The number of aliphatic hydroxyl groups is 1. The summed E-state index contributed by atoms with van der Waals surface area (Å²) in [6.07, 6.45) is 25.5. The van der Waals surface area contributed by atoms with Gasteiger partial charge in [0, 0.05) is 0 Å². The lowest BCUT2D eigenvalue weighted by Crippen LogP contribution is -2.49. The molecule has 0 aromatic carbocycles. The standard InChI is InChI=1S/C25H50NO4P/c1-5-6-7-8-9-10-11-12-13-14-15-16-17-18-19-20-21-22-23-25(27,31(28,29)30)24-26(2,3)4/h12-13,16-17,27H,5-11,14-15,18-24H2,1-4H3,(H-,28,29,30)/p+1/b13-12-,17-16-. The molecule has 0 bridgehead atoms. The zero-order valence-electron chi connectivity index (χ0n) is 20.8. The van der Waals surface area contributed by atoms with E-state index in [0.29, 0.717) is 10.9 Å². The highest BCUT2D eigenvalue weighted by Crippen LogP contribution is 2.52. The second-order valence-corrected chi connectivity index (χ2v) is 11.9. The zero-order valence-corrected chi connectivity index (χ0v) is 21.7. The fourth-order valence-corrected chi connectivity index (χ4v) is 4.86. The molecule has 6 heteroatoms. The molecule has 1 unspecified atom stereocenters. The molecule has 184 valence electrons. The molecule has 0 spiro atoms. The van der Waals surface area contributed by atoms with Crippen LogP contribution in [0.3, 0.4) is 0 Å². The first-order valence-corrected chi connectivity index (χ1v) is 14.0. The van der Waals surface area contributed by atoms with Gasteiger partial charge in [-0.05, 0) is 51.4 Å². The smallest absolute Gasteiger partial charge is 0.362 e. The molecule has 0 aliphatic heterocycles. The lowest BCUT2D eigenvalue weighted by atomic mass is 10.1. The third kappa shape index (κ3) is 17.7. The summed E-state index contributed by atoms with van der Waals surface area (Å²) < 4.78 is 12.1. The van der Waals surface area contributed by atoms with Crippen LogP contribution < -0.4 is 0 Å². The Kier molecular flexibility index (Phi) is 16.8. The molecular formula is C25H51NO4P+. The molecule has 0 aromatic heterocycles. The highest BCUT2D eigenvalue weighted by Gasteiger charge is 2.48. The summed E-state index contributed by atoms with van der Waals surface area (Å²) in [5.74, 6) is 0. The second-order valence-electron chi connectivity index (χ2n) is 10.0. The summed E-state index contributed by atoms with van der Waals surface area (Å²) in [5, 5.41) is 8.60. The Morgan fingerprint density at radius 2 is 1.13 bits per heavy atom. The molecule has 0 aliphatic rings. The number of rotatable bonds is 20. The third-order valence-electron chi connectivity index (χ3n) is 5.53. The fraction of sp³-hybridized carbons (Fsp3) is 0.840. The maximum atomic E-state index is 11.8. The average molecular weight is 461 g/mol. The lowest BCUT2D eigenvalue weighted by Gasteiger charge is -2.35. The first-order valence-electron chi connectivity index (χ1n) is 12.4. The molecule has 1 atom stereocenters. The van der Waals surface area contributed by atoms with Gasteiger partial charge in [-0.1, -0.05) is 76.2 Å². The molecule has 0 fully saturated rings. The van der Waals surface area contributed by atoms with Gasteiger partial charge in [0.25, 0.3) is 0 Å². The third-order valence-corrected chi connectivity index (χ3v) is 6.97. The van der Waals surface area contributed by atoms with Gasteiger partial charge in [-0.3, -0.25) is 4.57 Å². The van der Waals surface area contributed by atoms with Gasteiger partial charge in [-0.2, -0.15) is 0 Å². The Morgan fingerprint density at radius 3 is 1.58 bits per heavy atom. The SMILES string of the molecule is CCCCCCCC/C=C\CC/C=C\CCCCCCC(O)(C[N+](C)(C)C)P(=O)(O)O. The van der Waals surface area contributed by atoms with Gasteiger partial charge in [0.05, 0.1) is 21.1 Å². The van der Waals surface area contributed by atoms with E-state index in [2.05, 4.69) is 31.2 Å². The van der Waals surface area contributed by atoms with Crippen LogP contribution >= 0.6 is 7.60 Å². The van der Waals surface area contributed by atoms with Crippen LogP contribution in [0, 0.1) is 0 Å². The average Bonchev–Trinajstić information content (AvgIpc) is 2.65. The van der Waals surface area contributed by atoms with E-state index < -0.39 is 12.9 Å². The van der Waals surface area contributed by atoms with Crippen molar-refractivity contribution in [3.05, 3.63) is 24.3 Å². The topological polar surface area (TPSA) is 77.8 Å². The van der Waals surface area contributed by atoms with Crippen LogP contribution in [0.25, 0.3) is 0 Å². The molecule has 0 aliphatic carbocycles. The summed E-state index contributed by atoms with van der Waals surface area (Å²) in [4.78, 5) is 19.2. The summed E-state index contributed by atoms with van der Waals surface area (Å²) in [5.41, 5.74) is 0. The first-order chi connectivity index (χ1) is 14.5. The molecule has 3 N–H and O–H groups in total. The molecule has 0 saturated carbocycles. The first kappa shape index (κ1) is 30.6. The maximum absolute atomic E-state index is 11.8. The molecule has 31 heavy (non-hydrogen) atoms. The van der Waals surface area contributed by atoms with Crippen LogP contribution in [0.15, 0.2) is 24.3 Å². The van der Waals surface area contributed by atoms with Crippen molar-refractivity contribution in [1.82, 2.24) is 0 Å². The number of likely N-dealkylation sites (N-methyl/N-ethyl adjacent to an activating group) is 1. The number of hydrogen-bond donors (Lipinski definition) is 3. The largest absolute Gasteiger partial charge is 0.373 e. The second kappa shape index (κ2) is 17.1. The normalized spacial score (nSPS) is 15.2. The van der Waals surface area contributed by atoms with Crippen LogP contribution in [0.2, 0.25) is 0 Å². The fourth-order valence-electron chi connectivity index (χ4n) is 3.81. The monoisotopic (exact) mass is 460 g/mol. The number of hydrogen-bond acceptors (Lipinski definition) is 2. The van der Waals surface area contributed by atoms with Crippen LogP contribution in [0.4, 0.5) is 0 Å². The highest BCUT2D eigenvalue weighted by atomic mass is 31.2. The van der Waals surface area contributed by atoms with Crippen LogP contribution in [0.1, 0.15) is 103 Å². The summed E-state index contributed by atoms with van der Waals surface area (Å²) >= 11 is 0. The van der Waals surface area contributed by atoms with Gasteiger partial charge in [-0.25, -0.2) is 0 Å². The Morgan fingerprint density at radius 1 is 0.710 bits per heavy atom. The molecule has 0 aromatic rings. The molecular weight excluding hydrogens is 409 g/mol. The summed E-state index contributed by atoms with van der Waals surface area (Å²) in [6, 6.07) is 0. The van der Waals surface area contributed by atoms with Crippen LogP contribution in [-0.2, 0) is 4.57 Å². The predicted molar refractivity (Wildman–Crippen MR) is 133 cm³/mol. The van der Waals surface area contributed by atoms with Gasteiger partial charge in [0.15, 0.2) is 0 Å². The number of unbranched alkanes of at least 4 members (excludes halogenated alkanes) is 11. The van der Waals surface area contributed by atoms with Crippen molar-refractivity contribution in [3.63, 3.8) is 0 Å². The summed E-state index contributed by atoms with van der Waals surface area (Å²) in [6.45, 7) is 2.30. The van der Waals surface area contributed by atoms with Gasteiger partial charge < -0.3 is 19.4 Å². The molecule has 5 nitrogen and oxygen atoms in total. The lowest BCUT2D eigenvalue weighted by molar-refractivity contribution is -0.875. The van der Waals surface area contributed by atoms with Crippen LogP contribution in [0.5, 0.6) is 0 Å². The van der Waals surface area contributed by atoms with E-state index in [-0.39, 0.29) is 13.0 Å². The van der Waals surface area contributed by atoms with E-state index in [9.17, 15) is 19.5 Å². The predicted octanol–water partition coefficient (Wildman–Crippen LogP) is 6.54. The minimum Gasteiger partial charge on any atom is -0.373 e. The van der Waals surface area contributed by atoms with E-state index in [1.165, 1.54) is 44.9 Å².